The van der Waals surface area contributed by atoms with Gasteiger partial charge in [-0.1, -0.05) is 20.8 Å². The minimum absolute atomic E-state index is 0.0996. The minimum atomic E-state index is -0.0996. The molecule has 0 saturated carbocycles. The molecule has 6 nitrogen and oxygen atoms in total. The van der Waals surface area contributed by atoms with Gasteiger partial charge in [0.15, 0.2) is 11.5 Å². The molecule has 0 fully saturated rings. The monoisotopic (exact) mass is 478 g/mol. The molecule has 5 rings (SSSR count). The van der Waals surface area contributed by atoms with Crippen molar-refractivity contribution in [2.24, 2.45) is 16.3 Å². The van der Waals surface area contributed by atoms with Gasteiger partial charge in [-0.3, -0.25) is 4.79 Å². The summed E-state index contributed by atoms with van der Waals surface area (Å²) in [5.41, 5.74) is 2.99. The third-order valence-corrected chi connectivity index (χ3v) is 7.76. The molecule has 2 aromatic heterocycles. The van der Waals surface area contributed by atoms with Crippen molar-refractivity contribution in [3.05, 3.63) is 63.9 Å². The van der Waals surface area contributed by atoms with E-state index in [1.807, 2.05) is 30.3 Å². The highest BCUT2D eigenvalue weighted by atomic mass is 32.1. The first kappa shape index (κ1) is 22.7. The van der Waals surface area contributed by atoms with Gasteiger partial charge in [0.1, 0.15) is 24.0 Å². The Kier molecular flexibility index (Phi) is 6.21. The van der Waals surface area contributed by atoms with E-state index >= 15 is 0 Å². The molecule has 0 bridgehead atoms. The molecule has 1 aliphatic carbocycles. The number of carbonyl (C=O) groups is 1. The van der Waals surface area contributed by atoms with Crippen molar-refractivity contribution in [2.75, 3.05) is 13.2 Å². The fourth-order valence-corrected chi connectivity index (χ4v) is 5.85. The zero-order chi connectivity index (χ0) is 23.7. The van der Waals surface area contributed by atoms with E-state index in [1.54, 1.807) is 23.8 Å². The van der Waals surface area contributed by atoms with Gasteiger partial charge < -0.3 is 19.2 Å². The SMILES string of the molecule is CC(C)(C)[C@@H]1CCc2c(sc(N=Cc3ccc4c(c3)OCCO4)c2C(=O)NCc2ccco2)C1. The molecular weight excluding hydrogens is 448 g/mol. The van der Waals surface area contributed by atoms with E-state index in [-0.39, 0.29) is 11.3 Å². The van der Waals surface area contributed by atoms with Crippen LogP contribution in [0.2, 0.25) is 0 Å². The number of carbonyl (C=O) groups excluding carboxylic acids is 1. The van der Waals surface area contributed by atoms with E-state index < -0.39 is 0 Å². The maximum atomic E-state index is 13.3. The molecule has 1 aliphatic heterocycles. The van der Waals surface area contributed by atoms with Crippen molar-refractivity contribution in [2.45, 2.75) is 46.6 Å². The van der Waals surface area contributed by atoms with Crippen molar-refractivity contribution in [1.29, 1.82) is 0 Å². The van der Waals surface area contributed by atoms with E-state index in [0.717, 1.165) is 52.6 Å². The van der Waals surface area contributed by atoms with Gasteiger partial charge >= 0.3 is 0 Å². The van der Waals surface area contributed by atoms with Gasteiger partial charge in [0.2, 0.25) is 0 Å². The van der Waals surface area contributed by atoms with Crippen LogP contribution in [-0.4, -0.2) is 25.3 Å². The fraction of sp³-hybridized carbons (Fsp3) is 0.407. The summed E-state index contributed by atoms with van der Waals surface area (Å²) in [7, 11) is 0. The highest BCUT2D eigenvalue weighted by Crippen LogP contribution is 2.45. The average Bonchev–Trinajstić information content (AvgIpc) is 3.47. The van der Waals surface area contributed by atoms with Gasteiger partial charge in [-0.15, -0.1) is 11.3 Å². The number of benzene rings is 1. The van der Waals surface area contributed by atoms with Crippen molar-refractivity contribution < 1.29 is 18.7 Å². The average molecular weight is 479 g/mol. The number of amides is 1. The van der Waals surface area contributed by atoms with Crippen LogP contribution in [0.1, 0.15) is 59.3 Å². The van der Waals surface area contributed by atoms with Crippen LogP contribution in [0, 0.1) is 11.3 Å². The van der Waals surface area contributed by atoms with Crippen LogP contribution >= 0.6 is 11.3 Å². The van der Waals surface area contributed by atoms with Gasteiger partial charge in [0, 0.05) is 11.1 Å². The number of thiophene rings is 1. The molecule has 3 aromatic rings. The number of furan rings is 1. The Bertz CT molecular complexity index is 1200. The quantitative estimate of drug-likeness (QED) is 0.460. The molecule has 0 radical (unpaired) electrons. The number of hydrogen-bond acceptors (Lipinski definition) is 6. The number of nitrogens with one attached hydrogen (secondary N) is 1. The summed E-state index contributed by atoms with van der Waals surface area (Å²) < 4.78 is 16.7. The molecule has 34 heavy (non-hydrogen) atoms. The zero-order valence-corrected chi connectivity index (χ0v) is 20.7. The Balaban J connectivity index is 1.44. The summed E-state index contributed by atoms with van der Waals surface area (Å²) in [6.45, 7) is 8.36. The third-order valence-electron chi connectivity index (χ3n) is 6.60. The van der Waals surface area contributed by atoms with Gasteiger partial charge in [-0.2, -0.15) is 0 Å². The second kappa shape index (κ2) is 9.29. The third kappa shape index (κ3) is 4.75. The Morgan fingerprint density at radius 3 is 2.79 bits per heavy atom. The zero-order valence-electron chi connectivity index (χ0n) is 19.8. The highest BCUT2D eigenvalue weighted by molar-refractivity contribution is 7.16. The lowest BCUT2D eigenvalue weighted by atomic mass is 9.72. The molecule has 0 spiro atoms. The van der Waals surface area contributed by atoms with E-state index in [2.05, 4.69) is 26.1 Å². The summed E-state index contributed by atoms with van der Waals surface area (Å²) in [4.78, 5) is 19.4. The molecule has 1 N–H and O–H groups in total. The first-order valence-electron chi connectivity index (χ1n) is 11.8. The predicted molar refractivity (Wildman–Crippen MR) is 134 cm³/mol. The van der Waals surface area contributed by atoms with Gasteiger partial charge in [0.25, 0.3) is 5.91 Å². The molecule has 178 valence electrons. The second-order valence-corrected chi connectivity index (χ2v) is 11.0. The molecule has 1 amide bonds. The maximum Gasteiger partial charge on any atom is 0.255 e. The maximum absolute atomic E-state index is 13.3. The lowest BCUT2D eigenvalue weighted by molar-refractivity contribution is 0.0947. The smallest absolute Gasteiger partial charge is 0.255 e. The number of rotatable bonds is 5. The summed E-state index contributed by atoms with van der Waals surface area (Å²) in [6, 6.07) is 9.47. The van der Waals surface area contributed by atoms with Crippen LogP contribution < -0.4 is 14.8 Å². The number of fused-ring (bicyclic) bond motifs is 2. The van der Waals surface area contributed by atoms with Crippen LogP contribution in [-0.2, 0) is 19.4 Å². The molecular formula is C27H30N2O4S. The fourth-order valence-electron chi connectivity index (χ4n) is 4.58. The second-order valence-electron chi connectivity index (χ2n) is 9.91. The molecule has 1 atom stereocenters. The summed E-state index contributed by atoms with van der Waals surface area (Å²) >= 11 is 1.64. The lowest BCUT2D eigenvalue weighted by Gasteiger charge is -2.33. The Morgan fingerprint density at radius 2 is 2.03 bits per heavy atom. The number of hydrogen-bond donors (Lipinski definition) is 1. The molecule has 1 aromatic carbocycles. The minimum Gasteiger partial charge on any atom is -0.486 e. The van der Waals surface area contributed by atoms with Gasteiger partial charge in [-0.05, 0) is 72.1 Å². The van der Waals surface area contributed by atoms with E-state index in [9.17, 15) is 4.79 Å². The van der Waals surface area contributed by atoms with Crippen LogP contribution in [0.5, 0.6) is 11.5 Å². The Morgan fingerprint density at radius 1 is 1.21 bits per heavy atom. The highest BCUT2D eigenvalue weighted by Gasteiger charge is 2.33. The van der Waals surface area contributed by atoms with E-state index in [0.29, 0.717) is 31.2 Å². The standard InChI is InChI=1S/C27H30N2O4S/c1-27(2,3)18-7-8-20-23(14-18)34-26(24(20)25(30)28-16-19-5-4-10-31-19)29-15-17-6-9-21-22(13-17)33-12-11-32-21/h4-6,9-10,13,15,18H,7-8,11-12,14,16H2,1-3H3,(H,28,30)/t18-/m1/s1. The Labute approximate surface area is 204 Å². The first-order valence-corrected chi connectivity index (χ1v) is 12.6. The predicted octanol–water partition coefficient (Wildman–Crippen LogP) is 5.94. The first-order chi connectivity index (χ1) is 16.4. The van der Waals surface area contributed by atoms with Gasteiger partial charge in [0.05, 0.1) is 18.4 Å². The number of nitrogens with zero attached hydrogens (tertiary/aromatic N) is 1. The largest absolute Gasteiger partial charge is 0.486 e. The lowest BCUT2D eigenvalue weighted by Crippen LogP contribution is -2.28. The van der Waals surface area contributed by atoms with E-state index in [1.165, 1.54) is 4.88 Å². The van der Waals surface area contributed by atoms with Crippen molar-refractivity contribution >= 4 is 28.5 Å². The van der Waals surface area contributed by atoms with Crippen molar-refractivity contribution in [3.63, 3.8) is 0 Å². The summed E-state index contributed by atoms with van der Waals surface area (Å²) in [6.07, 6.45) is 6.39. The van der Waals surface area contributed by atoms with Crippen molar-refractivity contribution in [3.8, 4) is 11.5 Å². The molecule has 2 aliphatic rings. The molecule has 7 heteroatoms. The molecule has 3 heterocycles. The number of ether oxygens (including phenoxy) is 2. The van der Waals surface area contributed by atoms with Gasteiger partial charge in [-0.25, -0.2) is 4.99 Å². The van der Waals surface area contributed by atoms with Crippen LogP contribution in [0.4, 0.5) is 5.00 Å². The summed E-state index contributed by atoms with van der Waals surface area (Å²) in [5, 5.41) is 3.78. The number of aliphatic imine (C=N–C) groups is 1. The topological polar surface area (TPSA) is 73.1 Å². The summed E-state index contributed by atoms with van der Waals surface area (Å²) in [5.74, 6) is 2.70. The van der Waals surface area contributed by atoms with Crippen LogP contribution in [0.25, 0.3) is 0 Å². The van der Waals surface area contributed by atoms with Crippen LogP contribution in [0.3, 0.4) is 0 Å². The molecule has 0 saturated heterocycles. The van der Waals surface area contributed by atoms with E-state index in [4.69, 9.17) is 18.9 Å². The molecule has 0 unspecified atom stereocenters. The van der Waals surface area contributed by atoms with Crippen molar-refractivity contribution in [1.82, 2.24) is 5.32 Å². The van der Waals surface area contributed by atoms with Crippen LogP contribution in [0.15, 0.2) is 46.0 Å². The Hall–Kier alpha value is -3.06. The normalized spacial score (nSPS) is 17.6.